The Bertz CT molecular complexity index is 1110. The van der Waals surface area contributed by atoms with E-state index in [1.54, 1.807) is 6.07 Å². The summed E-state index contributed by atoms with van der Waals surface area (Å²) < 4.78 is 7.52. The molecule has 0 aliphatic carbocycles. The van der Waals surface area contributed by atoms with Crippen LogP contribution in [0.15, 0.2) is 96.3 Å². The number of rotatable bonds is 6. The lowest BCUT2D eigenvalue weighted by Crippen LogP contribution is -2.12. The third kappa shape index (κ3) is 4.58. The van der Waals surface area contributed by atoms with Crippen molar-refractivity contribution in [3.05, 3.63) is 96.7 Å². The van der Waals surface area contributed by atoms with Gasteiger partial charge in [0.05, 0.1) is 11.4 Å². The summed E-state index contributed by atoms with van der Waals surface area (Å²) in [5.74, 6) is 0.467. The highest BCUT2D eigenvalue weighted by Gasteiger charge is 2.15. The van der Waals surface area contributed by atoms with Crippen molar-refractivity contribution in [1.29, 1.82) is 0 Å². The lowest BCUT2D eigenvalue weighted by Gasteiger charge is -2.08. The molecular weight excluding hydrogens is 380 g/mol. The van der Waals surface area contributed by atoms with Gasteiger partial charge in [-0.1, -0.05) is 78.5 Å². The number of imidazole rings is 1. The van der Waals surface area contributed by atoms with E-state index in [9.17, 15) is 4.79 Å². The van der Waals surface area contributed by atoms with Crippen molar-refractivity contribution in [2.24, 2.45) is 0 Å². The van der Waals surface area contributed by atoms with Gasteiger partial charge in [-0.15, -0.1) is 0 Å². The van der Waals surface area contributed by atoms with E-state index in [1.807, 2.05) is 96.6 Å². The molecule has 0 atom stereocenters. The molecule has 0 aliphatic rings. The predicted molar refractivity (Wildman–Crippen MR) is 117 cm³/mol. The van der Waals surface area contributed by atoms with E-state index >= 15 is 0 Å². The number of aryl methyl sites for hydroxylation is 1. The number of benzene rings is 3. The maximum Gasteiger partial charge on any atom is 0.321 e. The monoisotopic (exact) mass is 400 g/mol. The van der Waals surface area contributed by atoms with Gasteiger partial charge in [0.15, 0.2) is 5.16 Å². The van der Waals surface area contributed by atoms with Crippen LogP contribution in [0.2, 0.25) is 0 Å². The van der Waals surface area contributed by atoms with Crippen LogP contribution in [0.4, 0.5) is 0 Å². The summed E-state index contributed by atoms with van der Waals surface area (Å²) in [5, 5.41) is 0.747. The number of ether oxygens (including phenoxy) is 1. The maximum atomic E-state index is 12.4. The molecule has 1 heterocycles. The van der Waals surface area contributed by atoms with Gasteiger partial charge in [-0.2, -0.15) is 0 Å². The van der Waals surface area contributed by atoms with Crippen molar-refractivity contribution in [2.75, 3.05) is 5.75 Å². The van der Waals surface area contributed by atoms with Crippen LogP contribution in [0.3, 0.4) is 0 Å². The van der Waals surface area contributed by atoms with Gasteiger partial charge in [0.25, 0.3) is 0 Å². The van der Waals surface area contributed by atoms with Gasteiger partial charge in [0.1, 0.15) is 5.75 Å². The second kappa shape index (κ2) is 8.80. The molecule has 0 N–H and O–H groups in total. The third-order valence-electron chi connectivity index (χ3n) is 4.41. The minimum Gasteiger partial charge on any atom is -0.426 e. The average molecular weight is 401 g/mol. The Morgan fingerprint density at radius 1 is 0.931 bits per heavy atom. The second-order valence-corrected chi connectivity index (χ2v) is 7.45. The molecule has 1 aromatic heterocycles. The summed E-state index contributed by atoms with van der Waals surface area (Å²) in [5.41, 5.74) is 3.83. The molecule has 0 aliphatic heterocycles. The number of hydrogen-bond donors (Lipinski definition) is 0. The van der Waals surface area contributed by atoms with Gasteiger partial charge in [0, 0.05) is 17.4 Å². The van der Waals surface area contributed by atoms with Crippen LogP contribution in [0.1, 0.15) is 5.56 Å². The Labute approximate surface area is 174 Å². The fourth-order valence-electron chi connectivity index (χ4n) is 2.93. The smallest absolute Gasteiger partial charge is 0.321 e. The molecule has 0 saturated heterocycles. The first kappa shape index (κ1) is 19.0. The van der Waals surface area contributed by atoms with Gasteiger partial charge >= 0.3 is 5.97 Å². The number of nitrogens with zero attached hydrogens (tertiary/aromatic N) is 2. The van der Waals surface area contributed by atoms with Crippen LogP contribution in [0.25, 0.3) is 16.9 Å². The molecule has 4 rings (SSSR count). The normalized spacial score (nSPS) is 10.7. The summed E-state index contributed by atoms with van der Waals surface area (Å²) in [4.78, 5) is 17.2. The second-order valence-electron chi connectivity index (χ2n) is 6.51. The molecule has 5 heteroatoms. The van der Waals surface area contributed by atoms with Gasteiger partial charge in [-0.05, 0) is 30.7 Å². The standard InChI is InChI=1S/C24H20N2O2S/c1-18-10-8-9-15-22(18)28-23(27)17-29-24-25-21(19-11-4-2-5-12-19)16-26(24)20-13-6-3-7-14-20/h2-16H,17H2,1H3. The van der Waals surface area contributed by atoms with E-state index in [2.05, 4.69) is 0 Å². The van der Waals surface area contributed by atoms with Crippen LogP contribution in [0, 0.1) is 6.92 Å². The molecule has 0 amide bonds. The first-order valence-corrected chi connectivity index (χ1v) is 10.3. The molecule has 4 aromatic rings. The van der Waals surface area contributed by atoms with Crippen molar-refractivity contribution < 1.29 is 9.53 Å². The summed E-state index contributed by atoms with van der Waals surface area (Å²) >= 11 is 1.37. The highest BCUT2D eigenvalue weighted by atomic mass is 32.2. The molecule has 0 fully saturated rings. The minimum absolute atomic E-state index is 0.173. The van der Waals surface area contributed by atoms with Gasteiger partial charge in [-0.25, -0.2) is 4.98 Å². The predicted octanol–water partition coefficient (Wildman–Crippen LogP) is 5.55. The fourth-order valence-corrected chi connectivity index (χ4v) is 3.70. The zero-order chi connectivity index (χ0) is 20.1. The van der Waals surface area contributed by atoms with Crippen LogP contribution < -0.4 is 4.74 Å². The van der Waals surface area contributed by atoms with Crippen LogP contribution in [-0.2, 0) is 4.79 Å². The average Bonchev–Trinajstić information content (AvgIpc) is 3.20. The van der Waals surface area contributed by atoms with Crippen LogP contribution in [0.5, 0.6) is 5.75 Å². The lowest BCUT2D eigenvalue weighted by atomic mass is 10.2. The van der Waals surface area contributed by atoms with E-state index in [1.165, 1.54) is 11.8 Å². The molecule has 29 heavy (non-hydrogen) atoms. The number of para-hydroxylation sites is 2. The topological polar surface area (TPSA) is 44.1 Å². The minimum atomic E-state index is -0.298. The Kier molecular flexibility index (Phi) is 5.77. The number of carbonyl (C=O) groups is 1. The molecule has 0 saturated carbocycles. The zero-order valence-electron chi connectivity index (χ0n) is 16.0. The van der Waals surface area contributed by atoms with E-state index in [-0.39, 0.29) is 11.7 Å². The number of esters is 1. The van der Waals surface area contributed by atoms with Gasteiger partial charge in [-0.3, -0.25) is 9.36 Å². The molecule has 0 radical (unpaired) electrons. The molecule has 3 aromatic carbocycles. The van der Waals surface area contributed by atoms with E-state index in [0.29, 0.717) is 5.75 Å². The van der Waals surface area contributed by atoms with Crippen molar-refractivity contribution >= 4 is 17.7 Å². The Morgan fingerprint density at radius 2 is 1.59 bits per heavy atom. The summed E-state index contributed by atoms with van der Waals surface area (Å²) in [6.07, 6.45) is 2.00. The van der Waals surface area contributed by atoms with Crippen molar-refractivity contribution in [3.63, 3.8) is 0 Å². The zero-order valence-corrected chi connectivity index (χ0v) is 16.8. The number of hydrogen-bond acceptors (Lipinski definition) is 4. The molecule has 4 nitrogen and oxygen atoms in total. The highest BCUT2D eigenvalue weighted by Crippen LogP contribution is 2.27. The van der Waals surface area contributed by atoms with Crippen molar-refractivity contribution in [2.45, 2.75) is 12.1 Å². The van der Waals surface area contributed by atoms with Gasteiger partial charge in [0.2, 0.25) is 0 Å². The Balaban J connectivity index is 1.56. The SMILES string of the molecule is Cc1ccccc1OC(=O)CSc1nc(-c2ccccc2)cn1-c1ccccc1. The molecule has 0 bridgehead atoms. The Morgan fingerprint density at radius 3 is 2.31 bits per heavy atom. The van der Waals surface area contributed by atoms with Gasteiger partial charge < -0.3 is 4.74 Å². The maximum absolute atomic E-state index is 12.4. The van der Waals surface area contributed by atoms with Crippen molar-refractivity contribution in [3.8, 4) is 22.7 Å². The Hall–Kier alpha value is -3.31. The number of carbonyl (C=O) groups excluding carboxylic acids is 1. The summed E-state index contributed by atoms with van der Waals surface area (Å²) in [6, 6.07) is 27.5. The van der Waals surface area contributed by atoms with Crippen LogP contribution in [-0.4, -0.2) is 21.3 Å². The summed E-state index contributed by atoms with van der Waals surface area (Å²) in [6.45, 7) is 1.92. The number of aromatic nitrogens is 2. The number of thioether (sulfide) groups is 1. The highest BCUT2D eigenvalue weighted by molar-refractivity contribution is 7.99. The third-order valence-corrected chi connectivity index (χ3v) is 5.34. The fraction of sp³-hybridized carbons (Fsp3) is 0.0833. The summed E-state index contributed by atoms with van der Waals surface area (Å²) in [7, 11) is 0. The van der Waals surface area contributed by atoms with E-state index in [4.69, 9.17) is 9.72 Å². The van der Waals surface area contributed by atoms with Crippen LogP contribution >= 0.6 is 11.8 Å². The first-order valence-electron chi connectivity index (χ1n) is 9.30. The first-order chi connectivity index (χ1) is 14.2. The lowest BCUT2D eigenvalue weighted by molar-refractivity contribution is -0.131. The van der Waals surface area contributed by atoms with E-state index < -0.39 is 0 Å². The molecular formula is C24H20N2O2S. The molecule has 0 spiro atoms. The molecule has 0 unspecified atom stereocenters. The van der Waals surface area contributed by atoms with E-state index in [0.717, 1.165) is 27.7 Å². The van der Waals surface area contributed by atoms with Crippen molar-refractivity contribution in [1.82, 2.24) is 9.55 Å². The largest absolute Gasteiger partial charge is 0.426 e. The quantitative estimate of drug-likeness (QED) is 0.242. The molecule has 144 valence electrons.